The zero-order valence-electron chi connectivity index (χ0n) is 9.98. The Labute approximate surface area is 102 Å². The smallest absolute Gasteiger partial charge is 0.130 e. The average molecular weight is 227 g/mol. The van der Waals surface area contributed by atoms with Gasteiger partial charge in [-0.05, 0) is 49.7 Å². The largest absolute Gasteiger partial charge is 0.340 e. The van der Waals surface area contributed by atoms with Crippen LogP contribution in [0.4, 0.5) is 11.5 Å². The summed E-state index contributed by atoms with van der Waals surface area (Å²) in [7, 11) is 0. The van der Waals surface area contributed by atoms with Gasteiger partial charge in [-0.3, -0.25) is 0 Å². The summed E-state index contributed by atoms with van der Waals surface area (Å²) in [4.78, 5) is 4.40. The third kappa shape index (κ3) is 3.29. The maximum Gasteiger partial charge on any atom is 0.130 e. The molecule has 0 atom stereocenters. The highest BCUT2D eigenvalue weighted by Gasteiger charge is 1.96. The lowest BCUT2D eigenvalue weighted by molar-refractivity contribution is 0.969. The van der Waals surface area contributed by atoms with Gasteiger partial charge in [0, 0.05) is 11.4 Å². The van der Waals surface area contributed by atoms with Gasteiger partial charge in [0.15, 0.2) is 0 Å². The predicted molar refractivity (Wildman–Crippen MR) is 71.5 cm³/mol. The molecule has 0 saturated carbocycles. The number of nitrogens with two attached hydrogens (primary N) is 1. The second kappa shape index (κ2) is 5.46. The Morgan fingerprint density at radius 3 is 2.53 bits per heavy atom. The van der Waals surface area contributed by atoms with Gasteiger partial charge in [0.2, 0.25) is 0 Å². The summed E-state index contributed by atoms with van der Waals surface area (Å²) in [5.41, 5.74) is 8.83. The van der Waals surface area contributed by atoms with Crippen LogP contribution in [-0.4, -0.2) is 11.5 Å². The van der Waals surface area contributed by atoms with Gasteiger partial charge >= 0.3 is 0 Å². The molecule has 1 aromatic carbocycles. The molecule has 0 spiro atoms. The first kappa shape index (κ1) is 11.6. The zero-order valence-corrected chi connectivity index (χ0v) is 9.98. The van der Waals surface area contributed by atoms with Crippen LogP contribution in [0.25, 0.3) is 0 Å². The molecular weight excluding hydrogens is 210 g/mol. The van der Waals surface area contributed by atoms with Gasteiger partial charge in [-0.25, -0.2) is 4.98 Å². The second-order valence-electron chi connectivity index (χ2n) is 4.02. The molecule has 17 heavy (non-hydrogen) atoms. The number of aromatic nitrogens is 1. The van der Waals surface area contributed by atoms with Crippen molar-refractivity contribution in [1.82, 2.24) is 4.98 Å². The number of benzene rings is 1. The molecule has 0 amide bonds. The normalized spacial score (nSPS) is 10.2. The third-order valence-electron chi connectivity index (χ3n) is 2.55. The van der Waals surface area contributed by atoms with Gasteiger partial charge < -0.3 is 11.1 Å². The minimum Gasteiger partial charge on any atom is -0.340 e. The Morgan fingerprint density at radius 1 is 1.12 bits per heavy atom. The van der Waals surface area contributed by atoms with Crippen LogP contribution < -0.4 is 11.1 Å². The van der Waals surface area contributed by atoms with Gasteiger partial charge in [-0.1, -0.05) is 18.2 Å². The topological polar surface area (TPSA) is 50.9 Å². The summed E-state index contributed by atoms with van der Waals surface area (Å²) in [5, 5.41) is 3.27. The van der Waals surface area contributed by atoms with Crippen LogP contribution in [-0.2, 0) is 6.42 Å². The molecule has 0 aliphatic carbocycles. The Bertz CT molecular complexity index is 477. The summed E-state index contributed by atoms with van der Waals surface area (Å²) in [6, 6.07) is 14.2. The van der Waals surface area contributed by atoms with E-state index < -0.39 is 0 Å². The summed E-state index contributed by atoms with van der Waals surface area (Å²) < 4.78 is 0. The van der Waals surface area contributed by atoms with E-state index in [4.69, 9.17) is 5.73 Å². The van der Waals surface area contributed by atoms with E-state index in [0.29, 0.717) is 6.54 Å². The minimum atomic E-state index is 0.687. The van der Waals surface area contributed by atoms with Crippen molar-refractivity contribution >= 4 is 11.5 Å². The number of nitrogens with zero attached hydrogens (tertiary/aromatic N) is 1. The minimum absolute atomic E-state index is 0.687. The predicted octanol–water partition coefficient (Wildman–Crippen LogP) is 2.63. The van der Waals surface area contributed by atoms with Crippen LogP contribution in [0.15, 0.2) is 42.5 Å². The lowest BCUT2D eigenvalue weighted by atomic mass is 10.1. The third-order valence-corrected chi connectivity index (χ3v) is 2.55. The number of hydrogen-bond donors (Lipinski definition) is 2. The molecule has 0 bridgehead atoms. The van der Waals surface area contributed by atoms with Crippen molar-refractivity contribution < 1.29 is 0 Å². The standard InChI is InChI=1S/C14H17N3/c1-11-3-2-4-14(16-11)17-13-7-5-12(6-8-13)9-10-15/h2-8H,9-10,15H2,1H3,(H,16,17). The number of hydrogen-bond acceptors (Lipinski definition) is 3. The molecule has 3 nitrogen and oxygen atoms in total. The molecule has 0 aliphatic heterocycles. The van der Waals surface area contributed by atoms with Gasteiger partial charge in [0.05, 0.1) is 0 Å². The fourth-order valence-electron chi connectivity index (χ4n) is 1.68. The molecule has 2 rings (SSSR count). The van der Waals surface area contributed by atoms with Crippen molar-refractivity contribution in [1.29, 1.82) is 0 Å². The molecule has 0 radical (unpaired) electrons. The number of aryl methyl sites for hydroxylation is 1. The number of rotatable bonds is 4. The van der Waals surface area contributed by atoms with Crippen LogP contribution in [0.2, 0.25) is 0 Å². The van der Waals surface area contributed by atoms with E-state index in [2.05, 4.69) is 34.6 Å². The molecule has 3 N–H and O–H groups in total. The number of pyridine rings is 1. The van der Waals surface area contributed by atoms with E-state index in [-0.39, 0.29) is 0 Å². The zero-order chi connectivity index (χ0) is 12.1. The maximum atomic E-state index is 5.51. The molecule has 3 heteroatoms. The van der Waals surface area contributed by atoms with E-state index in [9.17, 15) is 0 Å². The molecule has 0 saturated heterocycles. The molecular formula is C14H17N3. The first-order chi connectivity index (χ1) is 8.28. The molecule has 0 aliphatic rings. The highest BCUT2D eigenvalue weighted by molar-refractivity contribution is 5.56. The van der Waals surface area contributed by atoms with Crippen molar-refractivity contribution in [2.24, 2.45) is 5.73 Å². The maximum absolute atomic E-state index is 5.51. The Kier molecular flexibility index (Phi) is 3.73. The monoisotopic (exact) mass is 227 g/mol. The van der Waals surface area contributed by atoms with Crippen molar-refractivity contribution in [3.63, 3.8) is 0 Å². The average Bonchev–Trinajstić information content (AvgIpc) is 2.32. The van der Waals surface area contributed by atoms with Crippen molar-refractivity contribution in [3.05, 3.63) is 53.7 Å². The van der Waals surface area contributed by atoms with Crippen molar-refractivity contribution in [2.75, 3.05) is 11.9 Å². The van der Waals surface area contributed by atoms with E-state index in [1.54, 1.807) is 0 Å². The summed E-state index contributed by atoms with van der Waals surface area (Å²) >= 11 is 0. The van der Waals surface area contributed by atoms with E-state index in [1.807, 2.05) is 25.1 Å². The van der Waals surface area contributed by atoms with Crippen molar-refractivity contribution in [3.8, 4) is 0 Å². The number of nitrogens with one attached hydrogen (secondary N) is 1. The first-order valence-electron chi connectivity index (χ1n) is 5.77. The molecule has 0 fully saturated rings. The highest BCUT2D eigenvalue weighted by atomic mass is 15.0. The summed E-state index contributed by atoms with van der Waals surface area (Å²) in [5.74, 6) is 0.872. The quantitative estimate of drug-likeness (QED) is 0.844. The Morgan fingerprint density at radius 2 is 1.88 bits per heavy atom. The van der Waals surface area contributed by atoms with Crippen LogP contribution >= 0.6 is 0 Å². The fourth-order valence-corrected chi connectivity index (χ4v) is 1.68. The molecule has 1 aromatic heterocycles. The van der Waals surface area contributed by atoms with E-state index in [0.717, 1.165) is 23.6 Å². The van der Waals surface area contributed by atoms with Crippen LogP contribution in [0.3, 0.4) is 0 Å². The molecule has 0 unspecified atom stereocenters. The second-order valence-corrected chi connectivity index (χ2v) is 4.02. The highest BCUT2D eigenvalue weighted by Crippen LogP contribution is 2.15. The lowest BCUT2D eigenvalue weighted by Crippen LogP contribution is -2.02. The van der Waals surface area contributed by atoms with E-state index in [1.165, 1.54) is 5.56 Å². The lowest BCUT2D eigenvalue weighted by Gasteiger charge is -2.07. The first-order valence-corrected chi connectivity index (χ1v) is 5.77. The van der Waals surface area contributed by atoms with Gasteiger partial charge in [-0.15, -0.1) is 0 Å². The van der Waals surface area contributed by atoms with Crippen LogP contribution in [0.5, 0.6) is 0 Å². The van der Waals surface area contributed by atoms with Crippen molar-refractivity contribution in [2.45, 2.75) is 13.3 Å². The molecule has 1 heterocycles. The van der Waals surface area contributed by atoms with Gasteiger partial charge in [0.1, 0.15) is 5.82 Å². The summed E-state index contributed by atoms with van der Waals surface area (Å²) in [6.07, 6.45) is 0.920. The van der Waals surface area contributed by atoms with Gasteiger partial charge in [0.25, 0.3) is 0 Å². The Hall–Kier alpha value is -1.87. The van der Waals surface area contributed by atoms with Crippen LogP contribution in [0, 0.1) is 6.92 Å². The van der Waals surface area contributed by atoms with E-state index >= 15 is 0 Å². The Balaban J connectivity index is 2.08. The summed E-state index contributed by atoms with van der Waals surface area (Å²) in [6.45, 7) is 2.67. The number of anilines is 2. The van der Waals surface area contributed by atoms with Crippen LogP contribution in [0.1, 0.15) is 11.3 Å². The SMILES string of the molecule is Cc1cccc(Nc2ccc(CCN)cc2)n1. The fraction of sp³-hybridized carbons (Fsp3) is 0.214. The molecule has 2 aromatic rings. The molecule has 88 valence electrons. The van der Waals surface area contributed by atoms with Gasteiger partial charge in [-0.2, -0.15) is 0 Å².